The number of hydrogen-bond acceptors (Lipinski definition) is 7. The average molecular weight is 388 g/mol. The molecule has 0 radical (unpaired) electrons. The van der Waals surface area contributed by atoms with E-state index in [-0.39, 0.29) is 18.2 Å². The van der Waals surface area contributed by atoms with Crippen LogP contribution in [0.25, 0.3) is 0 Å². The molecular weight excluding hydrogens is 364 g/mol. The summed E-state index contributed by atoms with van der Waals surface area (Å²) in [6, 6.07) is 8.17. The van der Waals surface area contributed by atoms with Crippen molar-refractivity contribution in [1.29, 1.82) is 0 Å². The van der Waals surface area contributed by atoms with Crippen molar-refractivity contribution in [1.82, 2.24) is 9.88 Å². The number of hydrogen-bond donors (Lipinski definition) is 1. The number of carbonyl (C=O) groups excluding carboxylic acids is 1. The van der Waals surface area contributed by atoms with E-state index in [9.17, 15) is 9.90 Å². The molecule has 2 aromatic rings. The second-order valence-electron chi connectivity index (χ2n) is 6.23. The fourth-order valence-corrected chi connectivity index (χ4v) is 3.35. The van der Waals surface area contributed by atoms with Crippen molar-refractivity contribution >= 4 is 5.91 Å². The Bertz CT molecular complexity index is 828. The van der Waals surface area contributed by atoms with Crippen molar-refractivity contribution in [2.45, 2.75) is 12.1 Å². The largest absolute Gasteiger partial charge is 0.497 e. The lowest BCUT2D eigenvalue weighted by Gasteiger charge is -2.40. The first-order valence-electron chi connectivity index (χ1n) is 8.88. The van der Waals surface area contributed by atoms with E-state index < -0.39 is 12.1 Å². The minimum Gasteiger partial charge on any atom is -0.497 e. The monoisotopic (exact) mass is 388 g/mol. The molecule has 8 heteroatoms. The molecule has 150 valence electrons. The fraction of sp³-hybridized carbons (Fsp3) is 0.400. The van der Waals surface area contributed by atoms with Crippen molar-refractivity contribution in [3.63, 3.8) is 0 Å². The maximum Gasteiger partial charge on any atom is 0.273 e. The molecule has 0 bridgehead atoms. The zero-order valence-corrected chi connectivity index (χ0v) is 16.1. The summed E-state index contributed by atoms with van der Waals surface area (Å²) in [5.41, 5.74) is 1.04. The van der Waals surface area contributed by atoms with Crippen LogP contribution in [0.15, 0.2) is 36.5 Å². The molecule has 0 aliphatic carbocycles. The van der Waals surface area contributed by atoms with E-state index in [1.54, 1.807) is 43.4 Å². The molecule has 0 saturated carbocycles. The van der Waals surface area contributed by atoms with Gasteiger partial charge in [0.25, 0.3) is 5.91 Å². The molecule has 2 heterocycles. The van der Waals surface area contributed by atoms with E-state index in [2.05, 4.69) is 4.98 Å². The van der Waals surface area contributed by atoms with Gasteiger partial charge in [-0.3, -0.25) is 9.78 Å². The van der Waals surface area contributed by atoms with Gasteiger partial charge in [0.2, 0.25) is 0 Å². The van der Waals surface area contributed by atoms with Gasteiger partial charge in [0.1, 0.15) is 17.5 Å². The zero-order valence-electron chi connectivity index (χ0n) is 16.1. The lowest BCUT2D eigenvalue weighted by molar-refractivity contribution is -0.0813. The van der Waals surface area contributed by atoms with Gasteiger partial charge in [-0.25, -0.2) is 0 Å². The molecule has 1 aromatic carbocycles. The summed E-state index contributed by atoms with van der Waals surface area (Å²) >= 11 is 0. The molecule has 3 rings (SSSR count). The Balaban J connectivity index is 2.00. The van der Waals surface area contributed by atoms with Gasteiger partial charge >= 0.3 is 0 Å². The number of ether oxygens (including phenoxy) is 4. The molecule has 0 spiro atoms. The van der Waals surface area contributed by atoms with Crippen LogP contribution in [0.3, 0.4) is 0 Å². The summed E-state index contributed by atoms with van der Waals surface area (Å²) in [5, 5.41) is 9.85. The van der Waals surface area contributed by atoms with E-state index in [1.165, 1.54) is 13.3 Å². The van der Waals surface area contributed by atoms with Gasteiger partial charge in [0, 0.05) is 18.8 Å². The normalized spacial score (nSPS) is 19.2. The molecule has 1 aliphatic rings. The summed E-state index contributed by atoms with van der Waals surface area (Å²) in [7, 11) is 4.64. The predicted molar refractivity (Wildman–Crippen MR) is 101 cm³/mol. The van der Waals surface area contributed by atoms with Gasteiger partial charge in [-0.15, -0.1) is 0 Å². The number of aromatic nitrogens is 1. The highest BCUT2D eigenvalue weighted by molar-refractivity contribution is 5.93. The maximum atomic E-state index is 13.2. The molecule has 1 aliphatic heterocycles. The third kappa shape index (κ3) is 3.88. The van der Waals surface area contributed by atoms with Crippen molar-refractivity contribution in [3.05, 3.63) is 47.8 Å². The van der Waals surface area contributed by atoms with Gasteiger partial charge in [-0.2, -0.15) is 0 Å². The highest BCUT2D eigenvalue weighted by Crippen LogP contribution is 2.36. The molecular formula is C20H24N2O6. The number of morpholine rings is 1. The molecule has 8 nitrogen and oxygen atoms in total. The van der Waals surface area contributed by atoms with Crippen LogP contribution in [0.1, 0.15) is 22.1 Å². The van der Waals surface area contributed by atoms with Crippen LogP contribution >= 0.6 is 0 Å². The number of aliphatic hydroxyl groups excluding tert-OH is 1. The minimum atomic E-state index is -0.568. The Hall–Kier alpha value is -2.84. The van der Waals surface area contributed by atoms with Crippen LogP contribution in [0.5, 0.6) is 17.2 Å². The third-order valence-corrected chi connectivity index (χ3v) is 4.73. The fourth-order valence-electron chi connectivity index (χ4n) is 3.35. The minimum absolute atomic E-state index is 0.228. The van der Waals surface area contributed by atoms with Crippen molar-refractivity contribution in [2.75, 3.05) is 41.1 Å². The zero-order chi connectivity index (χ0) is 20.1. The Labute approximate surface area is 163 Å². The van der Waals surface area contributed by atoms with Crippen molar-refractivity contribution < 1.29 is 28.8 Å². The highest BCUT2D eigenvalue weighted by Gasteiger charge is 2.37. The number of nitrogens with zero attached hydrogens (tertiary/aromatic N) is 2. The SMILES string of the molecule is COc1ccnc(C(=O)N2CCO[C@H](CO)[C@H]2c2ccc(OC)c(OC)c2)c1. The second kappa shape index (κ2) is 8.90. The molecule has 1 N–H and O–H groups in total. The molecule has 2 atom stereocenters. The van der Waals surface area contributed by atoms with Crippen LogP contribution in [0.2, 0.25) is 0 Å². The smallest absolute Gasteiger partial charge is 0.273 e. The Morgan fingerprint density at radius 2 is 1.96 bits per heavy atom. The Morgan fingerprint density at radius 1 is 1.18 bits per heavy atom. The highest BCUT2D eigenvalue weighted by atomic mass is 16.5. The van der Waals surface area contributed by atoms with Gasteiger partial charge in [0.15, 0.2) is 11.5 Å². The summed E-state index contributed by atoms with van der Waals surface area (Å²) in [6.45, 7) is 0.465. The Kier molecular flexibility index (Phi) is 6.33. The van der Waals surface area contributed by atoms with Crippen molar-refractivity contribution in [2.24, 2.45) is 0 Å². The molecule has 28 heavy (non-hydrogen) atoms. The standard InChI is InChI=1S/C20H24N2O6/c1-25-14-6-7-21-15(11-14)20(24)22-8-9-28-18(12-23)19(22)13-4-5-16(26-2)17(10-13)27-3/h4-7,10-11,18-19,23H,8-9,12H2,1-3H3/t18-,19-/m1/s1. The lowest BCUT2D eigenvalue weighted by Crippen LogP contribution is -2.49. The molecule has 1 amide bonds. The number of amides is 1. The number of benzene rings is 1. The van der Waals surface area contributed by atoms with E-state index in [1.807, 2.05) is 6.07 Å². The molecule has 1 saturated heterocycles. The topological polar surface area (TPSA) is 90.4 Å². The maximum absolute atomic E-state index is 13.2. The van der Waals surface area contributed by atoms with Crippen LogP contribution in [-0.2, 0) is 4.74 Å². The number of methoxy groups -OCH3 is 3. The van der Waals surface area contributed by atoms with Crippen LogP contribution < -0.4 is 14.2 Å². The number of rotatable bonds is 6. The number of carbonyl (C=O) groups is 1. The summed E-state index contributed by atoms with van der Waals surface area (Å²) in [6.07, 6.45) is 0.961. The first kappa shape index (κ1) is 19.9. The molecule has 1 fully saturated rings. The van der Waals surface area contributed by atoms with Crippen LogP contribution in [-0.4, -0.2) is 68.1 Å². The van der Waals surface area contributed by atoms with Gasteiger partial charge < -0.3 is 29.0 Å². The summed E-state index contributed by atoms with van der Waals surface area (Å²) < 4.78 is 21.6. The summed E-state index contributed by atoms with van der Waals surface area (Å²) in [5.74, 6) is 1.40. The van der Waals surface area contributed by atoms with Gasteiger partial charge in [0.05, 0.1) is 40.6 Å². The Morgan fingerprint density at radius 3 is 2.64 bits per heavy atom. The first-order valence-corrected chi connectivity index (χ1v) is 8.88. The average Bonchev–Trinajstić information content (AvgIpc) is 2.77. The van der Waals surface area contributed by atoms with Crippen LogP contribution in [0.4, 0.5) is 0 Å². The molecule has 1 aromatic heterocycles. The number of pyridine rings is 1. The summed E-state index contributed by atoms with van der Waals surface area (Å²) in [4.78, 5) is 19.0. The van der Waals surface area contributed by atoms with Gasteiger partial charge in [-0.1, -0.05) is 6.07 Å². The van der Waals surface area contributed by atoms with E-state index >= 15 is 0 Å². The second-order valence-corrected chi connectivity index (χ2v) is 6.23. The van der Waals surface area contributed by atoms with Crippen LogP contribution in [0, 0.1) is 0 Å². The third-order valence-electron chi connectivity index (χ3n) is 4.73. The van der Waals surface area contributed by atoms with Crippen molar-refractivity contribution in [3.8, 4) is 17.2 Å². The number of aliphatic hydroxyl groups is 1. The first-order chi connectivity index (χ1) is 13.6. The van der Waals surface area contributed by atoms with E-state index in [0.717, 1.165) is 5.56 Å². The quantitative estimate of drug-likeness (QED) is 0.805. The van der Waals surface area contributed by atoms with E-state index in [4.69, 9.17) is 18.9 Å². The molecule has 0 unspecified atom stereocenters. The predicted octanol–water partition coefficient (Wildman–Crippen LogP) is 1.68. The van der Waals surface area contributed by atoms with Gasteiger partial charge in [-0.05, 0) is 23.8 Å². The lowest BCUT2D eigenvalue weighted by atomic mass is 9.97. The van der Waals surface area contributed by atoms with E-state index in [0.29, 0.717) is 30.4 Å².